The van der Waals surface area contributed by atoms with Crippen molar-refractivity contribution in [3.8, 4) is 0 Å². The highest BCUT2D eigenvalue weighted by Crippen LogP contribution is 2.14. The molecule has 0 aliphatic heterocycles. The Bertz CT molecular complexity index is 286. The molecule has 0 fully saturated rings. The molecule has 0 N–H and O–H groups in total. The van der Waals surface area contributed by atoms with Gasteiger partial charge in [0.1, 0.15) is 16.2 Å². The molecule has 0 radical (unpaired) electrons. The van der Waals surface area contributed by atoms with Crippen molar-refractivity contribution in [1.29, 1.82) is 0 Å². The fourth-order valence-electron chi connectivity index (χ4n) is 1.05. The first-order valence-corrected chi connectivity index (χ1v) is 5.14. The monoisotopic (exact) mass is 259 g/mol. The number of anilines is 1. The number of aromatic nitrogens is 2. The first kappa shape index (κ1) is 11.4. The molecule has 4 nitrogen and oxygen atoms in total. The van der Waals surface area contributed by atoms with Gasteiger partial charge in [0, 0.05) is 26.8 Å². The van der Waals surface area contributed by atoms with Crippen LogP contribution in [0.25, 0.3) is 0 Å². The van der Waals surface area contributed by atoms with Gasteiger partial charge in [-0.1, -0.05) is 0 Å². The van der Waals surface area contributed by atoms with Crippen LogP contribution in [0.3, 0.4) is 0 Å². The van der Waals surface area contributed by atoms with Gasteiger partial charge in [0.2, 0.25) is 0 Å². The van der Waals surface area contributed by atoms with Gasteiger partial charge < -0.3 is 9.64 Å². The molecular formula is C9H14BrN3O. The van der Waals surface area contributed by atoms with Gasteiger partial charge >= 0.3 is 0 Å². The maximum atomic E-state index is 5.00. The van der Waals surface area contributed by atoms with E-state index in [4.69, 9.17) is 4.74 Å². The molecule has 0 amide bonds. The molecule has 0 aromatic carbocycles. The molecule has 1 heterocycles. The Morgan fingerprint density at radius 2 is 2.21 bits per heavy atom. The molecule has 5 heteroatoms. The lowest BCUT2D eigenvalue weighted by Crippen LogP contribution is -2.23. The van der Waals surface area contributed by atoms with Crippen LogP contribution in [-0.2, 0) is 4.74 Å². The number of methoxy groups -OCH3 is 1. The Balaban J connectivity index is 2.73. The van der Waals surface area contributed by atoms with Crippen molar-refractivity contribution >= 4 is 21.7 Å². The van der Waals surface area contributed by atoms with E-state index < -0.39 is 0 Å². The summed E-state index contributed by atoms with van der Waals surface area (Å²) in [6, 6.07) is 1.89. The van der Waals surface area contributed by atoms with E-state index >= 15 is 0 Å². The highest BCUT2D eigenvalue weighted by molar-refractivity contribution is 9.10. The van der Waals surface area contributed by atoms with Gasteiger partial charge in [-0.15, -0.1) is 0 Å². The summed E-state index contributed by atoms with van der Waals surface area (Å²) in [6.07, 6.45) is 0. The summed E-state index contributed by atoms with van der Waals surface area (Å²) < 4.78 is 5.81. The van der Waals surface area contributed by atoms with Gasteiger partial charge in [0.25, 0.3) is 0 Å². The van der Waals surface area contributed by atoms with E-state index in [9.17, 15) is 0 Å². The lowest BCUT2D eigenvalue weighted by Gasteiger charge is -2.17. The van der Waals surface area contributed by atoms with E-state index in [1.165, 1.54) is 0 Å². The van der Waals surface area contributed by atoms with Crippen molar-refractivity contribution in [2.75, 3.05) is 32.2 Å². The topological polar surface area (TPSA) is 38.2 Å². The maximum Gasteiger partial charge on any atom is 0.133 e. The molecule has 1 rings (SSSR count). The molecule has 0 atom stereocenters. The molecule has 0 unspecified atom stereocenters. The summed E-state index contributed by atoms with van der Waals surface area (Å²) in [5, 5.41) is 0. The SMILES string of the molecule is COCCN(C)c1cc(Br)nc(C)n1. The number of ether oxygens (including phenoxy) is 1. The third kappa shape index (κ3) is 3.23. The summed E-state index contributed by atoms with van der Waals surface area (Å²) in [7, 11) is 3.67. The molecule has 0 saturated carbocycles. The molecule has 0 bridgehead atoms. The summed E-state index contributed by atoms with van der Waals surface area (Å²) in [5.41, 5.74) is 0. The summed E-state index contributed by atoms with van der Waals surface area (Å²) >= 11 is 3.34. The van der Waals surface area contributed by atoms with Crippen molar-refractivity contribution in [3.63, 3.8) is 0 Å². The number of likely N-dealkylation sites (N-methyl/N-ethyl adjacent to an activating group) is 1. The fraction of sp³-hybridized carbons (Fsp3) is 0.556. The predicted molar refractivity (Wildman–Crippen MR) is 59.6 cm³/mol. The molecule has 1 aromatic heterocycles. The van der Waals surface area contributed by atoms with E-state index in [0.29, 0.717) is 6.61 Å². The zero-order chi connectivity index (χ0) is 10.6. The van der Waals surface area contributed by atoms with Crippen LogP contribution in [0.2, 0.25) is 0 Å². The van der Waals surface area contributed by atoms with Gasteiger partial charge in [-0.05, 0) is 22.9 Å². The molecular weight excluding hydrogens is 246 g/mol. The standard InChI is InChI=1S/C9H14BrN3O/c1-7-11-8(10)6-9(12-7)13(2)4-5-14-3/h6H,4-5H2,1-3H3. The lowest BCUT2D eigenvalue weighted by atomic mass is 10.5. The summed E-state index contributed by atoms with van der Waals surface area (Å²) in [5.74, 6) is 1.67. The highest BCUT2D eigenvalue weighted by atomic mass is 79.9. The average molecular weight is 260 g/mol. The second-order valence-corrected chi connectivity index (χ2v) is 3.82. The predicted octanol–water partition coefficient (Wildman–Crippen LogP) is 1.63. The van der Waals surface area contributed by atoms with Crippen LogP contribution >= 0.6 is 15.9 Å². The fourth-order valence-corrected chi connectivity index (χ4v) is 1.52. The van der Waals surface area contributed by atoms with Crippen LogP contribution in [0.4, 0.5) is 5.82 Å². The number of halogens is 1. The van der Waals surface area contributed by atoms with Gasteiger partial charge in [-0.25, -0.2) is 9.97 Å². The Morgan fingerprint density at radius 1 is 1.50 bits per heavy atom. The average Bonchev–Trinajstić information content (AvgIpc) is 2.12. The molecule has 1 aromatic rings. The maximum absolute atomic E-state index is 5.00. The van der Waals surface area contributed by atoms with Crippen LogP contribution in [-0.4, -0.2) is 37.3 Å². The van der Waals surface area contributed by atoms with Gasteiger partial charge in [0.15, 0.2) is 0 Å². The normalized spacial score (nSPS) is 10.3. The molecule has 0 aliphatic rings. The van der Waals surface area contributed by atoms with Crippen LogP contribution in [0, 0.1) is 6.92 Å². The Kier molecular flexibility index (Phi) is 4.28. The van der Waals surface area contributed by atoms with Crippen LogP contribution < -0.4 is 4.90 Å². The Hall–Kier alpha value is -0.680. The van der Waals surface area contributed by atoms with Crippen molar-refractivity contribution in [1.82, 2.24) is 9.97 Å². The Morgan fingerprint density at radius 3 is 2.79 bits per heavy atom. The highest BCUT2D eigenvalue weighted by Gasteiger charge is 2.04. The zero-order valence-corrected chi connectivity index (χ0v) is 10.2. The summed E-state index contributed by atoms with van der Waals surface area (Å²) in [4.78, 5) is 10.5. The van der Waals surface area contributed by atoms with Crippen molar-refractivity contribution < 1.29 is 4.74 Å². The smallest absolute Gasteiger partial charge is 0.133 e. The second-order valence-electron chi connectivity index (χ2n) is 3.01. The third-order valence-electron chi connectivity index (χ3n) is 1.82. The van der Waals surface area contributed by atoms with Gasteiger partial charge in [0.05, 0.1) is 6.61 Å². The molecule has 0 spiro atoms. The van der Waals surface area contributed by atoms with E-state index in [1.54, 1.807) is 7.11 Å². The number of rotatable bonds is 4. The van der Waals surface area contributed by atoms with Crippen molar-refractivity contribution in [2.45, 2.75) is 6.92 Å². The number of aryl methyl sites for hydroxylation is 1. The first-order chi connectivity index (χ1) is 6.63. The number of nitrogens with zero attached hydrogens (tertiary/aromatic N) is 3. The van der Waals surface area contributed by atoms with Crippen molar-refractivity contribution in [2.24, 2.45) is 0 Å². The molecule has 78 valence electrons. The minimum atomic E-state index is 0.692. The quantitative estimate of drug-likeness (QED) is 0.771. The van der Waals surface area contributed by atoms with E-state index in [1.807, 2.05) is 24.9 Å². The molecule has 0 aliphatic carbocycles. The van der Waals surface area contributed by atoms with E-state index in [2.05, 4.69) is 25.9 Å². The van der Waals surface area contributed by atoms with Crippen LogP contribution in [0.15, 0.2) is 10.7 Å². The number of hydrogen-bond acceptors (Lipinski definition) is 4. The molecule has 0 saturated heterocycles. The second kappa shape index (κ2) is 5.26. The van der Waals surface area contributed by atoms with Gasteiger partial charge in [-0.3, -0.25) is 0 Å². The van der Waals surface area contributed by atoms with E-state index in [0.717, 1.165) is 22.8 Å². The van der Waals surface area contributed by atoms with Gasteiger partial charge in [-0.2, -0.15) is 0 Å². The minimum absolute atomic E-state index is 0.692. The number of hydrogen-bond donors (Lipinski definition) is 0. The lowest BCUT2D eigenvalue weighted by molar-refractivity contribution is 0.206. The first-order valence-electron chi connectivity index (χ1n) is 4.34. The third-order valence-corrected chi connectivity index (χ3v) is 2.22. The van der Waals surface area contributed by atoms with Crippen LogP contribution in [0.5, 0.6) is 0 Å². The zero-order valence-electron chi connectivity index (χ0n) is 8.62. The van der Waals surface area contributed by atoms with Crippen molar-refractivity contribution in [3.05, 3.63) is 16.5 Å². The largest absolute Gasteiger partial charge is 0.383 e. The van der Waals surface area contributed by atoms with Crippen LogP contribution in [0.1, 0.15) is 5.82 Å². The molecule has 14 heavy (non-hydrogen) atoms. The van der Waals surface area contributed by atoms with E-state index in [-0.39, 0.29) is 0 Å². The summed E-state index contributed by atoms with van der Waals surface area (Å²) in [6.45, 7) is 3.38. The minimum Gasteiger partial charge on any atom is -0.383 e. The Labute approximate surface area is 92.4 Å².